The lowest BCUT2D eigenvalue weighted by atomic mass is 9.44. The Labute approximate surface area is 167 Å². The van der Waals surface area contributed by atoms with Crippen LogP contribution in [0.1, 0.15) is 90.4 Å². The highest BCUT2D eigenvalue weighted by atomic mass is 16.3. The van der Waals surface area contributed by atoms with Crippen LogP contribution in [0.15, 0.2) is 0 Å². The van der Waals surface area contributed by atoms with Gasteiger partial charge in [0.2, 0.25) is 0 Å². The Hall–Kier alpha value is -0.0400. The van der Waals surface area contributed by atoms with Crippen LogP contribution in [0, 0.1) is 65.1 Å². The third-order valence-electron chi connectivity index (χ3n) is 11.4. The van der Waals surface area contributed by atoms with Gasteiger partial charge in [0.05, 0.1) is 6.10 Å². The summed E-state index contributed by atoms with van der Waals surface area (Å²) in [6.07, 6.45) is 19.4. The topological polar surface area (TPSA) is 20.2 Å². The van der Waals surface area contributed by atoms with Crippen LogP contribution in [-0.2, 0) is 0 Å². The lowest BCUT2D eigenvalue weighted by Gasteiger charge is -2.61. The van der Waals surface area contributed by atoms with Crippen molar-refractivity contribution in [3.05, 3.63) is 0 Å². The summed E-state index contributed by atoms with van der Waals surface area (Å²) in [5.74, 6) is 11.4. The molecule has 0 aromatic rings. The summed E-state index contributed by atoms with van der Waals surface area (Å²) in [5.41, 5.74) is 0. The normalized spacial score (nSPS) is 59.8. The molecule has 1 heteroatoms. The van der Waals surface area contributed by atoms with Crippen molar-refractivity contribution in [2.45, 2.75) is 96.5 Å². The predicted molar refractivity (Wildman–Crippen MR) is 110 cm³/mol. The summed E-state index contributed by atoms with van der Waals surface area (Å²) in [4.78, 5) is 0. The molecule has 0 bridgehead atoms. The second-order valence-electron chi connectivity index (χ2n) is 12.1. The Bertz CT molecular complexity index is 556. The van der Waals surface area contributed by atoms with Crippen LogP contribution < -0.4 is 0 Å². The van der Waals surface area contributed by atoms with Crippen molar-refractivity contribution in [3.63, 3.8) is 0 Å². The van der Waals surface area contributed by atoms with E-state index >= 15 is 0 Å². The molecule has 1 nitrogen and oxygen atoms in total. The van der Waals surface area contributed by atoms with E-state index in [1.807, 2.05) is 0 Å². The smallest absolute Gasteiger partial charge is 0.0571 e. The first-order valence-electron chi connectivity index (χ1n) is 12.9. The number of hydrogen-bond donors (Lipinski definition) is 1. The minimum Gasteiger partial charge on any atom is -0.393 e. The zero-order chi connectivity index (χ0) is 18.1. The molecule has 27 heavy (non-hydrogen) atoms. The maximum Gasteiger partial charge on any atom is 0.0571 e. The van der Waals surface area contributed by atoms with Gasteiger partial charge in [-0.25, -0.2) is 0 Å². The van der Waals surface area contributed by atoms with Gasteiger partial charge in [-0.2, -0.15) is 0 Å². The van der Waals surface area contributed by atoms with Crippen molar-refractivity contribution in [3.8, 4) is 0 Å². The molecule has 152 valence electrons. The van der Waals surface area contributed by atoms with Crippen molar-refractivity contribution in [1.82, 2.24) is 0 Å². The summed E-state index contributed by atoms with van der Waals surface area (Å²) in [6.45, 7) is 2.49. The zero-order valence-electron chi connectivity index (χ0n) is 17.6. The lowest BCUT2D eigenvalue weighted by Crippen LogP contribution is -2.54. The summed E-state index contributed by atoms with van der Waals surface area (Å²) in [5, 5.41) is 10.2. The van der Waals surface area contributed by atoms with E-state index in [0.29, 0.717) is 5.92 Å². The van der Waals surface area contributed by atoms with Gasteiger partial charge < -0.3 is 5.11 Å². The maximum atomic E-state index is 10.2. The van der Waals surface area contributed by atoms with Crippen LogP contribution in [0.2, 0.25) is 0 Å². The molecule has 1 N–H and O–H groups in total. The third kappa shape index (κ3) is 2.72. The van der Waals surface area contributed by atoms with Crippen LogP contribution in [0.3, 0.4) is 0 Å². The van der Waals surface area contributed by atoms with Gasteiger partial charge in [-0.05, 0) is 142 Å². The van der Waals surface area contributed by atoms with Gasteiger partial charge in [-0.1, -0.05) is 13.3 Å². The summed E-state index contributed by atoms with van der Waals surface area (Å²) >= 11 is 0. The molecule has 6 aliphatic rings. The highest BCUT2D eigenvalue weighted by molar-refractivity contribution is 5.05. The molecule has 0 aromatic carbocycles. The highest BCUT2D eigenvalue weighted by Gasteiger charge is 2.56. The van der Waals surface area contributed by atoms with Crippen LogP contribution in [0.25, 0.3) is 0 Å². The van der Waals surface area contributed by atoms with E-state index < -0.39 is 0 Å². The monoisotopic (exact) mass is 370 g/mol. The SMILES string of the molecule is CC1CCC(C2CCC2C2CCC2C2CCC2C2CCC2C2CCC2O)C1. The van der Waals surface area contributed by atoms with E-state index in [0.717, 1.165) is 65.6 Å². The standard InChI is InChI=1S/C26H42O/c1-15-2-3-16(14-15)17-4-5-18(17)19-6-7-20(19)21-8-9-22(21)23-10-11-24(23)25-12-13-26(25)27/h15-27H,2-14H2,1H3. The Morgan fingerprint density at radius 3 is 1.15 bits per heavy atom. The quantitative estimate of drug-likeness (QED) is 0.602. The Morgan fingerprint density at radius 2 is 0.852 bits per heavy atom. The molecule has 6 aliphatic carbocycles. The van der Waals surface area contributed by atoms with Gasteiger partial charge in [-0.3, -0.25) is 0 Å². The van der Waals surface area contributed by atoms with Gasteiger partial charge in [0.25, 0.3) is 0 Å². The molecule has 12 unspecified atom stereocenters. The fraction of sp³-hybridized carbons (Fsp3) is 1.00. The first-order chi connectivity index (χ1) is 13.2. The first kappa shape index (κ1) is 17.8. The fourth-order valence-corrected chi connectivity index (χ4v) is 9.16. The lowest BCUT2D eigenvalue weighted by molar-refractivity contribution is -0.131. The number of rotatable bonds is 5. The molecule has 6 rings (SSSR count). The Balaban J connectivity index is 1.08. The van der Waals surface area contributed by atoms with Gasteiger partial charge in [0.1, 0.15) is 0 Å². The summed E-state index contributed by atoms with van der Waals surface area (Å²) in [7, 11) is 0. The molecule has 0 aliphatic heterocycles. The third-order valence-corrected chi connectivity index (χ3v) is 11.4. The molecule has 12 atom stereocenters. The maximum absolute atomic E-state index is 10.2. The molecule has 0 radical (unpaired) electrons. The van der Waals surface area contributed by atoms with Gasteiger partial charge in [0, 0.05) is 0 Å². The van der Waals surface area contributed by atoms with E-state index in [1.165, 1.54) is 32.1 Å². The zero-order valence-corrected chi connectivity index (χ0v) is 17.6. The minimum atomic E-state index is 0.0670. The van der Waals surface area contributed by atoms with Crippen molar-refractivity contribution < 1.29 is 5.11 Å². The summed E-state index contributed by atoms with van der Waals surface area (Å²) < 4.78 is 0. The van der Waals surface area contributed by atoms with Crippen molar-refractivity contribution in [2.24, 2.45) is 65.1 Å². The molecule has 0 saturated heterocycles. The Kier molecular flexibility index (Phi) is 4.44. The minimum absolute atomic E-state index is 0.0670. The van der Waals surface area contributed by atoms with Crippen LogP contribution >= 0.6 is 0 Å². The molecule has 0 aromatic heterocycles. The molecular weight excluding hydrogens is 328 g/mol. The van der Waals surface area contributed by atoms with Crippen LogP contribution in [0.5, 0.6) is 0 Å². The first-order valence-corrected chi connectivity index (χ1v) is 12.9. The van der Waals surface area contributed by atoms with E-state index in [9.17, 15) is 5.11 Å². The van der Waals surface area contributed by atoms with E-state index in [-0.39, 0.29) is 6.10 Å². The molecular formula is C26H42O. The Morgan fingerprint density at radius 1 is 0.444 bits per heavy atom. The predicted octanol–water partition coefficient (Wildman–Crippen LogP) is 6.30. The molecule has 0 spiro atoms. The van der Waals surface area contributed by atoms with E-state index in [4.69, 9.17) is 0 Å². The van der Waals surface area contributed by atoms with Crippen LogP contribution in [-0.4, -0.2) is 11.2 Å². The second kappa shape index (κ2) is 6.75. The second-order valence-corrected chi connectivity index (χ2v) is 12.1. The number of hydrogen-bond acceptors (Lipinski definition) is 1. The summed E-state index contributed by atoms with van der Waals surface area (Å²) in [6, 6.07) is 0. The van der Waals surface area contributed by atoms with Crippen molar-refractivity contribution in [1.29, 1.82) is 0 Å². The van der Waals surface area contributed by atoms with Gasteiger partial charge in [0.15, 0.2) is 0 Å². The van der Waals surface area contributed by atoms with Gasteiger partial charge >= 0.3 is 0 Å². The molecule has 0 amide bonds. The van der Waals surface area contributed by atoms with E-state index in [1.54, 1.807) is 44.9 Å². The highest BCUT2D eigenvalue weighted by Crippen LogP contribution is 2.64. The van der Waals surface area contributed by atoms with Crippen molar-refractivity contribution in [2.75, 3.05) is 0 Å². The van der Waals surface area contributed by atoms with Gasteiger partial charge in [-0.15, -0.1) is 0 Å². The van der Waals surface area contributed by atoms with Crippen LogP contribution in [0.4, 0.5) is 0 Å². The largest absolute Gasteiger partial charge is 0.393 e. The molecule has 0 heterocycles. The molecule has 6 saturated carbocycles. The average molecular weight is 371 g/mol. The van der Waals surface area contributed by atoms with E-state index in [2.05, 4.69) is 6.92 Å². The fourth-order valence-electron chi connectivity index (χ4n) is 9.16. The number of aliphatic hydroxyl groups is 1. The number of aliphatic hydroxyl groups excluding tert-OH is 1. The van der Waals surface area contributed by atoms with Crippen molar-refractivity contribution >= 4 is 0 Å². The average Bonchev–Trinajstić information content (AvgIpc) is 2.99. The molecule has 6 fully saturated rings.